The number of hydrogen-bond donors (Lipinski definition) is 2. The van der Waals surface area contributed by atoms with Crippen molar-refractivity contribution in [2.45, 2.75) is 39.2 Å². The number of aromatic nitrogens is 2. The molecule has 1 aliphatic carbocycles. The van der Waals surface area contributed by atoms with Crippen molar-refractivity contribution in [1.82, 2.24) is 9.78 Å². The number of nitrogens with zero attached hydrogens (tertiary/aromatic N) is 2. The maximum atomic E-state index is 14.3. The molecule has 1 saturated carbocycles. The first kappa shape index (κ1) is 16.4. The molecule has 0 saturated heterocycles. The molecule has 1 aliphatic rings. The minimum atomic E-state index is -0.734. The summed E-state index contributed by atoms with van der Waals surface area (Å²) in [5.41, 5.74) is 6.51. The molecule has 1 aromatic heterocycles. The van der Waals surface area contributed by atoms with Gasteiger partial charge in [0.1, 0.15) is 5.82 Å². The predicted octanol–water partition coefficient (Wildman–Crippen LogP) is 2.47. The summed E-state index contributed by atoms with van der Waals surface area (Å²) in [4.78, 5) is 22.4. The smallest absolute Gasteiger partial charge is 0.306 e. The number of carbonyl (C=O) groups is 2. The first-order valence-electron chi connectivity index (χ1n) is 8.06. The molecule has 3 N–H and O–H groups in total. The van der Waals surface area contributed by atoms with Gasteiger partial charge in [-0.3, -0.25) is 14.3 Å². The van der Waals surface area contributed by atoms with Crippen molar-refractivity contribution in [1.29, 1.82) is 0 Å². The van der Waals surface area contributed by atoms with Crippen molar-refractivity contribution in [3.63, 3.8) is 0 Å². The topological polar surface area (TPSA) is 98.2 Å². The van der Waals surface area contributed by atoms with Gasteiger partial charge in [-0.05, 0) is 50.7 Å². The third-order valence-electron chi connectivity index (χ3n) is 4.89. The molecular weight excluding hydrogens is 313 g/mol. The molecule has 128 valence electrons. The van der Waals surface area contributed by atoms with Crippen molar-refractivity contribution >= 4 is 22.8 Å². The van der Waals surface area contributed by atoms with E-state index < -0.39 is 17.7 Å². The highest BCUT2D eigenvalue weighted by Crippen LogP contribution is 2.31. The molecule has 0 aliphatic heterocycles. The fraction of sp³-hybridized carbons (Fsp3) is 0.471. The highest BCUT2D eigenvalue weighted by Gasteiger charge is 2.27. The average molecular weight is 333 g/mol. The lowest BCUT2D eigenvalue weighted by Crippen LogP contribution is -2.24. The Kier molecular flexibility index (Phi) is 4.26. The number of benzene rings is 1. The summed E-state index contributed by atoms with van der Waals surface area (Å²) >= 11 is 0. The molecule has 1 amide bonds. The van der Waals surface area contributed by atoms with Crippen LogP contribution in [-0.4, -0.2) is 26.8 Å². The quantitative estimate of drug-likeness (QED) is 0.898. The van der Waals surface area contributed by atoms with E-state index in [9.17, 15) is 14.0 Å². The monoisotopic (exact) mass is 333 g/mol. The first-order valence-corrected chi connectivity index (χ1v) is 8.06. The number of fused-ring (bicyclic) bond motifs is 1. The summed E-state index contributed by atoms with van der Waals surface area (Å²) in [6.45, 7) is 2.31. The largest absolute Gasteiger partial charge is 0.481 e. The van der Waals surface area contributed by atoms with Gasteiger partial charge in [-0.1, -0.05) is 0 Å². The summed E-state index contributed by atoms with van der Waals surface area (Å²) in [5, 5.41) is 13.9. The number of carbonyl (C=O) groups excluding carboxylic acids is 1. The number of aryl methyl sites for hydroxylation is 1. The van der Waals surface area contributed by atoms with E-state index in [4.69, 9.17) is 10.8 Å². The van der Waals surface area contributed by atoms with Crippen LogP contribution >= 0.6 is 0 Å². The van der Waals surface area contributed by atoms with Crippen LogP contribution in [0.3, 0.4) is 0 Å². The van der Waals surface area contributed by atoms with Crippen molar-refractivity contribution in [2.75, 3.05) is 0 Å². The molecule has 0 radical (unpaired) electrons. The molecule has 0 atom stereocenters. The Balaban J connectivity index is 1.87. The minimum absolute atomic E-state index is 0.121. The normalized spacial score (nSPS) is 21.1. The Morgan fingerprint density at radius 3 is 2.58 bits per heavy atom. The van der Waals surface area contributed by atoms with Crippen LogP contribution in [-0.2, 0) is 11.3 Å². The standard InChI is InChI=1S/C17H20FN3O3/c1-9-15-13(18)6-12(16(19)22)7-14(15)21(20-9)8-10-2-4-11(5-3-10)17(23)24/h6-7,10-11H,2-5,8H2,1H3,(H2,19,22)(H,23,24)/t10-,11-. The number of rotatable bonds is 4. The Hall–Kier alpha value is -2.44. The van der Waals surface area contributed by atoms with Crippen LogP contribution in [0.4, 0.5) is 4.39 Å². The predicted molar refractivity (Wildman–Crippen MR) is 86.0 cm³/mol. The Labute approximate surface area is 138 Å². The van der Waals surface area contributed by atoms with Crippen LogP contribution in [0, 0.1) is 24.6 Å². The van der Waals surface area contributed by atoms with Crippen LogP contribution in [0.25, 0.3) is 10.9 Å². The Bertz CT molecular complexity index is 807. The third-order valence-corrected chi connectivity index (χ3v) is 4.89. The zero-order valence-electron chi connectivity index (χ0n) is 13.5. The number of halogens is 1. The fourth-order valence-electron chi connectivity index (χ4n) is 3.56. The fourth-order valence-corrected chi connectivity index (χ4v) is 3.56. The second-order valence-electron chi connectivity index (χ2n) is 6.54. The molecule has 1 aromatic carbocycles. The molecule has 2 aromatic rings. The van der Waals surface area contributed by atoms with Crippen LogP contribution < -0.4 is 5.73 Å². The van der Waals surface area contributed by atoms with E-state index in [1.54, 1.807) is 17.7 Å². The highest BCUT2D eigenvalue weighted by atomic mass is 19.1. The van der Waals surface area contributed by atoms with Gasteiger partial charge in [0.05, 0.1) is 22.5 Å². The maximum Gasteiger partial charge on any atom is 0.306 e. The van der Waals surface area contributed by atoms with E-state index >= 15 is 0 Å². The number of nitrogens with two attached hydrogens (primary N) is 1. The van der Waals surface area contributed by atoms with Crippen molar-refractivity contribution in [2.24, 2.45) is 17.6 Å². The molecule has 1 heterocycles. The van der Waals surface area contributed by atoms with Crippen LogP contribution in [0.5, 0.6) is 0 Å². The van der Waals surface area contributed by atoms with Gasteiger partial charge in [0.25, 0.3) is 0 Å². The summed E-state index contributed by atoms with van der Waals surface area (Å²) in [5.74, 6) is -1.88. The zero-order chi connectivity index (χ0) is 17.4. The Morgan fingerprint density at radius 1 is 1.33 bits per heavy atom. The lowest BCUT2D eigenvalue weighted by Gasteiger charge is -2.26. The molecule has 7 heteroatoms. The van der Waals surface area contributed by atoms with Crippen LogP contribution in [0.2, 0.25) is 0 Å². The van der Waals surface area contributed by atoms with Gasteiger partial charge < -0.3 is 10.8 Å². The van der Waals surface area contributed by atoms with Crippen molar-refractivity contribution in [3.8, 4) is 0 Å². The summed E-state index contributed by atoms with van der Waals surface area (Å²) in [7, 11) is 0. The van der Waals surface area contributed by atoms with E-state index in [2.05, 4.69) is 5.10 Å². The van der Waals surface area contributed by atoms with Crippen molar-refractivity contribution in [3.05, 3.63) is 29.2 Å². The molecule has 0 bridgehead atoms. The lowest BCUT2D eigenvalue weighted by atomic mass is 9.82. The second-order valence-corrected chi connectivity index (χ2v) is 6.54. The number of hydrogen-bond acceptors (Lipinski definition) is 3. The Morgan fingerprint density at radius 2 is 2.00 bits per heavy atom. The van der Waals surface area contributed by atoms with Gasteiger partial charge in [-0.15, -0.1) is 0 Å². The maximum absolute atomic E-state index is 14.3. The summed E-state index contributed by atoms with van der Waals surface area (Å²) < 4.78 is 16.0. The number of amides is 1. The van der Waals surface area contributed by atoms with E-state index in [1.807, 2.05) is 0 Å². The molecule has 24 heavy (non-hydrogen) atoms. The third kappa shape index (κ3) is 2.98. The number of primary amides is 1. The van der Waals surface area contributed by atoms with Gasteiger partial charge in [-0.25, -0.2) is 4.39 Å². The van der Waals surface area contributed by atoms with Crippen LogP contribution in [0.1, 0.15) is 41.7 Å². The second kappa shape index (κ2) is 6.22. The average Bonchev–Trinajstić information content (AvgIpc) is 2.84. The zero-order valence-corrected chi connectivity index (χ0v) is 13.5. The summed E-state index contributed by atoms with van der Waals surface area (Å²) in [6, 6.07) is 2.71. The molecule has 3 rings (SSSR count). The molecule has 0 spiro atoms. The van der Waals surface area contributed by atoms with Gasteiger partial charge >= 0.3 is 5.97 Å². The minimum Gasteiger partial charge on any atom is -0.481 e. The molecule has 6 nitrogen and oxygen atoms in total. The van der Waals surface area contributed by atoms with Crippen molar-refractivity contribution < 1.29 is 19.1 Å². The van der Waals surface area contributed by atoms with Gasteiger partial charge in [0.2, 0.25) is 5.91 Å². The highest BCUT2D eigenvalue weighted by molar-refractivity contribution is 5.97. The van der Waals surface area contributed by atoms with Gasteiger partial charge in [0, 0.05) is 12.1 Å². The molecular formula is C17H20FN3O3. The SMILES string of the molecule is Cc1nn(C[C@H]2CC[C@H](C(=O)O)CC2)c2cc(C(N)=O)cc(F)c12. The molecule has 1 fully saturated rings. The van der Waals surface area contributed by atoms with Crippen LogP contribution in [0.15, 0.2) is 12.1 Å². The van der Waals surface area contributed by atoms with E-state index in [1.165, 1.54) is 0 Å². The summed E-state index contributed by atoms with van der Waals surface area (Å²) in [6.07, 6.45) is 2.91. The first-order chi connectivity index (χ1) is 11.4. The van der Waals surface area contributed by atoms with Gasteiger partial charge in [0.15, 0.2) is 0 Å². The number of carboxylic acids is 1. The number of carboxylic acid groups (broad SMARTS) is 1. The van der Waals surface area contributed by atoms with Gasteiger partial charge in [-0.2, -0.15) is 5.10 Å². The van der Waals surface area contributed by atoms with E-state index in [-0.39, 0.29) is 11.5 Å². The number of aliphatic carboxylic acids is 1. The molecule has 0 unspecified atom stereocenters. The lowest BCUT2D eigenvalue weighted by molar-refractivity contribution is -0.143. The van der Waals surface area contributed by atoms with E-state index in [0.29, 0.717) is 41.9 Å². The van der Waals surface area contributed by atoms with E-state index in [0.717, 1.165) is 18.9 Å².